The highest BCUT2D eigenvalue weighted by atomic mass is 32.1. The van der Waals surface area contributed by atoms with E-state index in [9.17, 15) is 4.79 Å². The van der Waals surface area contributed by atoms with Crippen LogP contribution in [-0.2, 0) is 11.3 Å². The molecule has 1 fully saturated rings. The third-order valence-electron chi connectivity index (χ3n) is 5.28. The molecular weight excluding hydrogens is 400 g/mol. The SMILES string of the molecule is COc1ccc2[nH]c(=O)c(CN(CC3CCCO3)C(=S)NCCCN(C)C)cc2c1. The van der Waals surface area contributed by atoms with Gasteiger partial charge in [-0.25, -0.2) is 0 Å². The Labute approximate surface area is 183 Å². The van der Waals surface area contributed by atoms with E-state index < -0.39 is 0 Å². The van der Waals surface area contributed by atoms with Crippen LogP contribution >= 0.6 is 12.2 Å². The molecule has 1 aromatic heterocycles. The van der Waals surface area contributed by atoms with E-state index in [2.05, 4.69) is 34.2 Å². The summed E-state index contributed by atoms with van der Waals surface area (Å²) in [5, 5.41) is 4.95. The van der Waals surface area contributed by atoms with Crippen molar-refractivity contribution in [1.82, 2.24) is 20.1 Å². The first-order chi connectivity index (χ1) is 14.5. The van der Waals surface area contributed by atoms with Crippen molar-refractivity contribution < 1.29 is 9.47 Å². The Balaban J connectivity index is 1.76. The van der Waals surface area contributed by atoms with E-state index in [1.807, 2.05) is 24.3 Å². The van der Waals surface area contributed by atoms with Gasteiger partial charge in [-0.05, 0) is 76.4 Å². The van der Waals surface area contributed by atoms with Gasteiger partial charge in [0.25, 0.3) is 5.56 Å². The van der Waals surface area contributed by atoms with Gasteiger partial charge < -0.3 is 29.6 Å². The first kappa shape index (κ1) is 22.5. The minimum Gasteiger partial charge on any atom is -0.497 e. The van der Waals surface area contributed by atoms with E-state index in [1.165, 1.54) is 0 Å². The van der Waals surface area contributed by atoms with Crippen LogP contribution in [0, 0.1) is 0 Å². The van der Waals surface area contributed by atoms with Crippen molar-refractivity contribution in [3.63, 3.8) is 0 Å². The lowest BCUT2D eigenvalue weighted by molar-refractivity contribution is 0.0897. The number of fused-ring (bicyclic) bond motifs is 1. The molecule has 3 rings (SSSR count). The molecule has 2 heterocycles. The van der Waals surface area contributed by atoms with Crippen LogP contribution in [0.4, 0.5) is 0 Å². The van der Waals surface area contributed by atoms with Crippen LogP contribution in [0.15, 0.2) is 29.1 Å². The zero-order valence-corrected chi connectivity index (χ0v) is 18.9. The van der Waals surface area contributed by atoms with Gasteiger partial charge in [0.15, 0.2) is 5.11 Å². The van der Waals surface area contributed by atoms with Crippen molar-refractivity contribution >= 4 is 28.2 Å². The third-order valence-corrected chi connectivity index (χ3v) is 5.69. The Bertz CT molecular complexity index is 909. The van der Waals surface area contributed by atoms with Crippen molar-refractivity contribution in [2.45, 2.75) is 31.9 Å². The number of pyridine rings is 1. The summed E-state index contributed by atoms with van der Waals surface area (Å²) in [6.07, 6.45) is 3.23. The summed E-state index contributed by atoms with van der Waals surface area (Å²) >= 11 is 5.68. The van der Waals surface area contributed by atoms with E-state index in [-0.39, 0.29) is 11.7 Å². The summed E-state index contributed by atoms with van der Waals surface area (Å²) < 4.78 is 11.1. The van der Waals surface area contributed by atoms with Gasteiger partial charge in [0.05, 0.1) is 19.8 Å². The highest BCUT2D eigenvalue weighted by Gasteiger charge is 2.22. The van der Waals surface area contributed by atoms with Crippen molar-refractivity contribution in [3.8, 4) is 5.75 Å². The van der Waals surface area contributed by atoms with Crippen LogP contribution in [0.5, 0.6) is 5.75 Å². The quantitative estimate of drug-likeness (QED) is 0.466. The van der Waals surface area contributed by atoms with Gasteiger partial charge in [-0.15, -0.1) is 0 Å². The monoisotopic (exact) mass is 432 g/mol. The lowest BCUT2D eigenvalue weighted by Crippen LogP contribution is -2.44. The number of benzene rings is 1. The summed E-state index contributed by atoms with van der Waals surface area (Å²) in [6.45, 7) is 3.69. The molecule has 0 aliphatic carbocycles. The third kappa shape index (κ3) is 6.17. The molecule has 0 spiro atoms. The van der Waals surface area contributed by atoms with Gasteiger partial charge in [0.1, 0.15) is 5.75 Å². The van der Waals surface area contributed by atoms with Crippen molar-refractivity contribution in [2.24, 2.45) is 0 Å². The number of ether oxygens (including phenoxy) is 2. The zero-order chi connectivity index (χ0) is 21.5. The van der Waals surface area contributed by atoms with E-state index >= 15 is 0 Å². The Morgan fingerprint density at radius 2 is 2.20 bits per heavy atom. The molecule has 0 saturated carbocycles. The minimum atomic E-state index is -0.0968. The number of nitrogens with one attached hydrogen (secondary N) is 2. The summed E-state index contributed by atoms with van der Waals surface area (Å²) in [6, 6.07) is 7.56. The molecule has 1 atom stereocenters. The predicted molar refractivity (Wildman–Crippen MR) is 124 cm³/mol. The average molecular weight is 433 g/mol. The number of H-pyrrole nitrogens is 1. The summed E-state index contributed by atoms with van der Waals surface area (Å²) in [4.78, 5) is 19.9. The Kier molecular flexibility index (Phi) is 8.07. The summed E-state index contributed by atoms with van der Waals surface area (Å²) in [7, 11) is 5.75. The molecule has 30 heavy (non-hydrogen) atoms. The maximum absolute atomic E-state index is 12.7. The molecule has 1 aromatic carbocycles. The van der Waals surface area contributed by atoms with E-state index in [0.29, 0.717) is 23.8 Å². The molecule has 1 aliphatic heterocycles. The molecule has 0 radical (unpaired) electrons. The van der Waals surface area contributed by atoms with Gasteiger partial charge in [0, 0.05) is 36.2 Å². The lowest BCUT2D eigenvalue weighted by atomic mass is 10.1. The number of nitrogens with zero attached hydrogens (tertiary/aromatic N) is 2. The maximum atomic E-state index is 12.7. The topological polar surface area (TPSA) is 69.8 Å². The van der Waals surface area contributed by atoms with Gasteiger partial charge in [-0.1, -0.05) is 0 Å². The Hall–Kier alpha value is -2.16. The fraction of sp³-hybridized carbons (Fsp3) is 0.545. The lowest BCUT2D eigenvalue weighted by Gasteiger charge is -2.28. The second-order valence-electron chi connectivity index (χ2n) is 7.98. The number of methoxy groups -OCH3 is 1. The molecule has 1 saturated heterocycles. The summed E-state index contributed by atoms with van der Waals surface area (Å²) in [5.41, 5.74) is 1.37. The number of rotatable bonds is 9. The molecule has 164 valence electrons. The number of hydrogen-bond donors (Lipinski definition) is 2. The number of thiocarbonyl (C=S) groups is 1. The smallest absolute Gasteiger partial charge is 0.253 e. The standard InChI is InChI=1S/C22H32N4O3S/c1-25(2)10-5-9-23-22(30)26(15-19-6-4-11-29-19)14-17-12-16-13-18(28-3)7-8-20(16)24-21(17)27/h7-8,12-13,19H,4-6,9-11,14-15H2,1-3H3,(H,23,30)(H,24,27). The predicted octanol–water partition coefficient (Wildman–Crippen LogP) is 2.34. The highest BCUT2D eigenvalue weighted by Crippen LogP contribution is 2.20. The number of aromatic amines is 1. The van der Waals surface area contributed by atoms with Gasteiger partial charge in [-0.2, -0.15) is 0 Å². The highest BCUT2D eigenvalue weighted by molar-refractivity contribution is 7.80. The molecular formula is C22H32N4O3S. The van der Waals surface area contributed by atoms with Crippen molar-refractivity contribution in [3.05, 3.63) is 40.2 Å². The van der Waals surface area contributed by atoms with Gasteiger partial charge in [0.2, 0.25) is 0 Å². The van der Waals surface area contributed by atoms with Crippen LogP contribution < -0.4 is 15.6 Å². The molecule has 7 nitrogen and oxygen atoms in total. The molecule has 1 unspecified atom stereocenters. The second-order valence-corrected chi connectivity index (χ2v) is 8.37. The van der Waals surface area contributed by atoms with Crippen molar-refractivity contribution in [2.75, 3.05) is 47.4 Å². The normalized spacial score (nSPS) is 16.2. The van der Waals surface area contributed by atoms with Crippen LogP contribution in [-0.4, -0.2) is 73.4 Å². The molecule has 0 amide bonds. The maximum Gasteiger partial charge on any atom is 0.253 e. The zero-order valence-electron chi connectivity index (χ0n) is 18.1. The van der Waals surface area contributed by atoms with Gasteiger partial charge in [-0.3, -0.25) is 4.79 Å². The van der Waals surface area contributed by atoms with E-state index in [1.54, 1.807) is 7.11 Å². The Morgan fingerprint density at radius 1 is 1.37 bits per heavy atom. The minimum absolute atomic E-state index is 0.0968. The van der Waals surface area contributed by atoms with E-state index in [0.717, 1.165) is 55.6 Å². The van der Waals surface area contributed by atoms with Crippen LogP contribution in [0.1, 0.15) is 24.8 Å². The first-order valence-corrected chi connectivity index (χ1v) is 10.9. The average Bonchev–Trinajstić information content (AvgIpc) is 3.23. The summed E-state index contributed by atoms with van der Waals surface area (Å²) in [5.74, 6) is 0.759. The molecule has 2 aromatic rings. The fourth-order valence-corrected chi connectivity index (χ4v) is 3.88. The molecule has 1 aliphatic rings. The van der Waals surface area contributed by atoms with Crippen LogP contribution in [0.3, 0.4) is 0 Å². The second kappa shape index (κ2) is 10.7. The van der Waals surface area contributed by atoms with E-state index in [4.69, 9.17) is 21.7 Å². The largest absolute Gasteiger partial charge is 0.497 e. The van der Waals surface area contributed by atoms with Gasteiger partial charge >= 0.3 is 0 Å². The number of hydrogen-bond acceptors (Lipinski definition) is 5. The number of aromatic nitrogens is 1. The fourth-order valence-electron chi connectivity index (χ4n) is 3.64. The van der Waals surface area contributed by atoms with Crippen molar-refractivity contribution in [1.29, 1.82) is 0 Å². The van der Waals surface area contributed by atoms with Crippen LogP contribution in [0.2, 0.25) is 0 Å². The molecule has 2 N–H and O–H groups in total. The molecule has 8 heteroatoms. The first-order valence-electron chi connectivity index (χ1n) is 10.5. The van der Waals surface area contributed by atoms with Crippen LogP contribution in [0.25, 0.3) is 10.9 Å². The Morgan fingerprint density at radius 3 is 2.90 bits per heavy atom. The molecule has 0 bridgehead atoms.